The highest BCUT2D eigenvalue weighted by atomic mass is 35.5. The van der Waals surface area contributed by atoms with Crippen LogP contribution in [0.25, 0.3) is 0 Å². The van der Waals surface area contributed by atoms with Gasteiger partial charge in [0.05, 0.1) is 0 Å². The monoisotopic (exact) mass is 326 g/mol. The van der Waals surface area contributed by atoms with E-state index in [0.29, 0.717) is 18.6 Å². The Kier molecular flexibility index (Phi) is 5.00. The molecule has 20 heavy (non-hydrogen) atoms. The summed E-state index contributed by atoms with van der Waals surface area (Å²) in [4.78, 5) is 2.61. The van der Waals surface area contributed by atoms with Gasteiger partial charge in [0.15, 0.2) is 0 Å². The van der Waals surface area contributed by atoms with Gasteiger partial charge in [0.1, 0.15) is 4.88 Å². The van der Waals surface area contributed by atoms with Crippen molar-refractivity contribution in [1.29, 1.82) is 0 Å². The molecule has 2 bridgehead atoms. The first-order valence-electron chi connectivity index (χ1n) is 6.65. The molecule has 2 atom stereocenters. The van der Waals surface area contributed by atoms with Crippen molar-refractivity contribution < 1.29 is 13.2 Å². The van der Waals surface area contributed by atoms with Crippen molar-refractivity contribution in [1.82, 2.24) is 10.2 Å². The largest absolute Gasteiger partial charge is 0.425 e. The van der Waals surface area contributed by atoms with Crippen molar-refractivity contribution in [3.05, 3.63) is 21.9 Å². The predicted molar refractivity (Wildman–Crippen MR) is 76.4 cm³/mol. The summed E-state index contributed by atoms with van der Waals surface area (Å²) in [5, 5.41) is 3.58. The van der Waals surface area contributed by atoms with Crippen LogP contribution in [0.15, 0.2) is 12.1 Å². The number of alkyl halides is 3. The fraction of sp³-hybridized carbons (Fsp3) is 0.692. The van der Waals surface area contributed by atoms with Crippen LogP contribution in [0.1, 0.15) is 29.0 Å². The van der Waals surface area contributed by atoms with Crippen LogP contribution < -0.4 is 5.32 Å². The van der Waals surface area contributed by atoms with E-state index in [9.17, 15) is 13.2 Å². The Morgan fingerprint density at radius 1 is 1.20 bits per heavy atom. The Morgan fingerprint density at radius 3 is 2.40 bits per heavy atom. The average Bonchev–Trinajstić information content (AvgIpc) is 2.76. The first-order chi connectivity index (χ1) is 9.00. The van der Waals surface area contributed by atoms with Crippen LogP contribution >= 0.6 is 23.7 Å². The Bertz CT molecular complexity index is 437. The third-order valence-corrected chi connectivity index (χ3v) is 4.97. The molecule has 2 fully saturated rings. The fourth-order valence-corrected chi connectivity index (χ4v) is 3.98. The second-order valence-corrected chi connectivity index (χ2v) is 6.62. The topological polar surface area (TPSA) is 15.3 Å². The number of nitrogens with one attached hydrogen (secondary N) is 1. The van der Waals surface area contributed by atoms with Crippen LogP contribution in [0.3, 0.4) is 0 Å². The van der Waals surface area contributed by atoms with Gasteiger partial charge in [-0.2, -0.15) is 13.2 Å². The second kappa shape index (κ2) is 6.22. The minimum Gasteiger partial charge on any atom is -0.309 e. The summed E-state index contributed by atoms with van der Waals surface area (Å²) < 4.78 is 37.7. The Morgan fingerprint density at radius 2 is 1.85 bits per heavy atom. The van der Waals surface area contributed by atoms with Gasteiger partial charge in [-0.05, 0) is 25.0 Å². The predicted octanol–water partition coefficient (Wildman–Crippen LogP) is 3.52. The number of hydrogen-bond acceptors (Lipinski definition) is 3. The SMILES string of the molecule is Cl.FC(F)(F)c1ccc(CN2CC3CCCC(C2)N3)s1. The molecule has 2 aliphatic heterocycles. The quantitative estimate of drug-likeness (QED) is 0.894. The molecule has 0 saturated carbocycles. The van der Waals surface area contributed by atoms with Crippen LogP contribution in [0, 0.1) is 0 Å². The molecular weight excluding hydrogens is 309 g/mol. The molecule has 7 heteroatoms. The van der Waals surface area contributed by atoms with Crippen molar-refractivity contribution in [3.63, 3.8) is 0 Å². The smallest absolute Gasteiger partial charge is 0.309 e. The zero-order chi connectivity index (χ0) is 13.5. The molecule has 0 radical (unpaired) electrons. The number of thiophene rings is 1. The molecule has 2 aliphatic rings. The highest BCUT2D eigenvalue weighted by Crippen LogP contribution is 2.35. The van der Waals surface area contributed by atoms with E-state index in [0.717, 1.165) is 29.3 Å². The maximum atomic E-state index is 12.6. The van der Waals surface area contributed by atoms with Crippen molar-refractivity contribution in [2.75, 3.05) is 13.1 Å². The zero-order valence-electron chi connectivity index (χ0n) is 10.9. The highest BCUT2D eigenvalue weighted by Gasteiger charge is 2.33. The van der Waals surface area contributed by atoms with Gasteiger partial charge in [0, 0.05) is 36.6 Å². The van der Waals surface area contributed by atoms with Gasteiger partial charge in [0.2, 0.25) is 0 Å². The van der Waals surface area contributed by atoms with Gasteiger partial charge in [-0.25, -0.2) is 0 Å². The number of piperazine rings is 1. The van der Waals surface area contributed by atoms with Crippen LogP contribution in [-0.2, 0) is 12.7 Å². The Labute approximate surface area is 126 Å². The van der Waals surface area contributed by atoms with E-state index >= 15 is 0 Å². The Hall–Kier alpha value is -0.300. The number of piperidine rings is 1. The summed E-state index contributed by atoms with van der Waals surface area (Å²) in [5.74, 6) is 0. The molecule has 0 amide bonds. The zero-order valence-corrected chi connectivity index (χ0v) is 12.6. The standard InChI is InChI=1S/C13H17F3N2S.ClH/c14-13(15,16)12-5-4-11(19-12)8-18-6-9-2-1-3-10(7-18)17-9;/h4-5,9-10,17H,1-3,6-8H2;1H. The fourth-order valence-electron chi connectivity index (χ4n) is 3.06. The molecule has 0 aromatic carbocycles. The summed E-state index contributed by atoms with van der Waals surface area (Å²) in [5.41, 5.74) is 0. The summed E-state index contributed by atoms with van der Waals surface area (Å²) in [7, 11) is 0. The van der Waals surface area contributed by atoms with E-state index < -0.39 is 11.1 Å². The van der Waals surface area contributed by atoms with E-state index in [1.807, 2.05) is 0 Å². The highest BCUT2D eigenvalue weighted by molar-refractivity contribution is 7.12. The van der Waals surface area contributed by atoms with Crippen LogP contribution in [0.5, 0.6) is 0 Å². The molecule has 0 aliphatic carbocycles. The van der Waals surface area contributed by atoms with Gasteiger partial charge >= 0.3 is 6.18 Å². The second-order valence-electron chi connectivity index (χ2n) is 5.45. The summed E-state index contributed by atoms with van der Waals surface area (Å²) >= 11 is 0.874. The van der Waals surface area contributed by atoms with Gasteiger partial charge in [-0.15, -0.1) is 23.7 Å². The average molecular weight is 327 g/mol. The number of hydrogen-bond donors (Lipinski definition) is 1. The minimum atomic E-state index is -4.21. The van der Waals surface area contributed by atoms with E-state index in [4.69, 9.17) is 0 Å². The molecule has 1 N–H and O–H groups in total. The molecule has 1 aromatic rings. The van der Waals surface area contributed by atoms with E-state index in [1.54, 1.807) is 6.07 Å². The van der Waals surface area contributed by atoms with Crippen LogP contribution in [-0.4, -0.2) is 30.1 Å². The van der Waals surface area contributed by atoms with Gasteiger partial charge in [-0.3, -0.25) is 4.90 Å². The van der Waals surface area contributed by atoms with Crippen LogP contribution in [0.2, 0.25) is 0 Å². The number of fused-ring (bicyclic) bond motifs is 2. The Balaban J connectivity index is 0.00000147. The van der Waals surface area contributed by atoms with Crippen molar-refractivity contribution in [2.45, 2.75) is 44.1 Å². The number of rotatable bonds is 2. The van der Waals surface area contributed by atoms with Crippen LogP contribution in [0.4, 0.5) is 13.2 Å². The van der Waals surface area contributed by atoms with Gasteiger partial charge < -0.3 is 5.32 Å². The summed E-state index contributed by atoms with van der Waals surface area (Å²) in [6.45, 7) is 2.56. The molecular formula is C13H18ClF3N2S. The molecule has 1 aromatic heterocycles. The van der Waals surface area contributed by atoms with Gasteiger partial charge in [0.25, 0.3) is 0 Å². The molecule has 2 unspecified atom stereocenters. The number of likely N-dealkylation sites (tertiary alicyclic amines) is 1. The third-order valence-electron chi connectivity index (χ3n) is 3.85. The maximum Gasteiger partial charge on any atom is 0.425 e. The maximum absolute atomic E-state index is 12.6. The summed E-state index contributed by atoms with van der Waals surface area (Å²) in [6, 6.07) is 3.86. The first-order valence-corrected chi connectivity index (χ1v) is 7.46. The van der Waals surface area contributed by atoms with Crippen molar-refractivity contribution >= 4 is 23.7 Å². The number of halogens is 4. The lowest BCUT2D eigenvalue weighted by Crippen LogP contribution is -2.58. The summed E-state index contributed by atoms with van der Waals surface area (Å²) in [6.07, 6.45) is -0.563. The molecule has 2 saturated heterocycles. The van der Waals surface area contributed by atoms with E-state index in [1.165, 1.54) is 25.3 Å². The van der Waals surface area contributed by atoms with Crippen molar-refractivity contribution in [3.8, 4) is 0 Å². The lowest BCUT2D eigenvalue weighted by Gasteiger charge is -2.42. The molecule has 2 nitrogen and oxygen atoms in total. The normalized spacial score (nSPS) is 27.1. The van der Waals surface area contributed by atoms with E-state index in [-0.39, 0.29) is 12.4 Å². The van der Waals surface area contributed by atoms with Crippen molar-refractivity contribution in [2.24, 2.45) is 0 Å². The lowest BCUT2D eigenvalue weighted by atomic mass is 9.94. The molecule has 0 spiro atoms. The first kappa shape index (κ1) is 16.1. The minimum absolute atomic E-state index is 0. The molecule has 114 valence electrons. The van der Waals surface area contributed by atoms with E-state index in [2.05, 4.69) is 10.2 Å². The molecule has 3 rings (SSSR count). The number of nitrogens with zero attached hydrogens (tertiary/aromatic N) is 1. The lowest BCUT2D eigenvalue weighted by molar-refractivity contribution is -0.134. The van der Waals surface area contributed by atoms with Gasteiger partial charge in [-0.1, -0.05) is 6.42 Å². The third kappa shape index (κ3) is 3.67. The molecule has 3 heterocycles.